The molecule has 2 fully saturated rings. The first-order chi connectivity index (χ1) is 18.4. The highest BCUT2D eigenvalue weighted by molar-refractivity contribution is 6.31. The van der Waals surface area contributed by atoms with E-state index >= 15 is 0 Å². The predicted octanol–water partition coefficient (Wildman–Crippen LogP) is 4.29. The smallest absolute Gasteiger partial charge is 0.250 e. The van der Waals surface area contributed by atoms with Crippen LogP contribution >= 0.6 is 11.6 Å². The van der Waals surface area contributed by atoms with Gasteiger partial charge in [0.2, 0.25) is 17.7 Å². The number of nitrogens with zero attached hydrogens (tertiary/aromatic N) is 1. The largest absolute Gasteiger partial charge is 0.361 e. The van der Waals surface area contributed by atoms with Crippen molar-refractivity contribution in [3.8, 4) is 0 Å². The maximum atomic E-state index is 14.1. The zero-order valence-electron chi connectivity index (χ0n) is 20.6. The third kappa shape index (κ3) is 3.15. The quantitative estimate of drug-likeness (QED) is 0.347. The fourth-order valence-electron chi connectivity index (χ4n) is 6.73. The van der Waals surface area contributed by atoms with Crippen molar-refractivity contribution >= 4 is 45.9 Å². The second-order valence-corrected chi connectivity index (χ2v) is 10.9. The lowest BCUT2D eigenvalue weighted by atomic mass is 9.76. The van der Waals surface area contributed by atoms with Crippen LogP contribution in [0.5, 0.6) is 0 Å². The SMILES string of the molecule is Cc1cc(Cl)cc2c1NC(=O)[C@@]21N[C@H](Cc2c[nH]c3ccccc23)[C@H]2C(=O)N(Cc3ccccc3)C(=O)[C@H]21. The summed E-state index contributed by atoms with van der Waals surface area (Å²) in [6.07, 6.45) is 2.42. The molecule has 0 unspecified atom stereocenters. The van der Waals surface area contributed by atoms with E-state index in [9.17, 15) is 14.4 Å². The Balaban J connectivity index is 1.36. The molecule has 1 spiro atoms. The number of fused-ring (bicyclic) bond motifs is 5. The number of benzene rings is 3. The molecular weight excluding hydrogens is 500 g/mol. The molecule has 0 aliphatic carbocycles. The number of aryl methyl sites for hydroxylation is 1. The molecule has 3 aliphatic rings. The standard InChI is InChI=1S/C30H25ClN4O3/c1-16-11-19(31)13-21-26(16)33-29(38)30(21)25-24(27(36)35(28(25)37)15-17-7-3-2-4-8-17)23(34-30)12-18-14-32-22-10-6-5-9-20(18)22/h2-11,13-14,23-25,32,34H,12,15H2,1H3,(H,33,38)/t23-,24-,25+,30-/m1/s1. The fourth-order valence-corrected chi connectivity index (χ4v) is 7.00. The lowest BCUT2D eigenvalue weighted by Gasteiger charge is -2.29. The Morgan fingerprint density at radius 2 is 1.74 bits per heavy atom. The van der Waals surface area contributed by atoms with Crippen molar-refractivity contribution in [3.63, 3.8) is 0 Å². The Labute approximate surface area is 224 Å². The number of anilines is 1. The Hall–Kier alpha value is -3.94. The number of aromatic amines is 1. The van der Waals surface area contributed by atoms with E-state index in [4.69, 9.17) is 11.6 Å². The average molecular weight is 525 g/mol. The van der Waals surface area contributed by atoms with Gasteiger partial charge < -0.3 is 10.3 Å². The summed E-state index contributed by atoms with van der Waals surface area (Å²) in [7, 11) is 0. The second kappa shape index (κ2) is 8.28. The Morgan fingerprint density at radius 3 is 2.55 bits per heavy atom. The van der Waals surface area contributed by atoms with Crippen molar-refractivity contribution in [2.45, 2.75) is 31.5 Å². The lowest BCUT2D eigenvalue weighted by molar-refractivity contribution is -0.143. The molecule has 4 aromatic rings. The Kier molecular flexibility index (Phi) is 5.05. The zero-order valence-corrected chi connectivity index (χ0v) is 21.4. The minimum absolute atomic E-state index is 0.171. The van der Waals surface area contributed by atoms with Gasteiger partial charge in [0.15, 0.2) is 0 Å². The monoisotopic (exact) mass is 524 g/mol. The third-order valence-corrected chi connectivity index (χ3v) is 8.59. The van der Waals surface area contributed by atoms with Crippen molar-refractivity contribution < 1.29 is 14.4 Å². The van der Waals surface area contributed by atoms with Crippen molar-refractivity contribution in [1.82, 2.24) is 15.2 Å². The summed E-state index contributed by atoms with van der Waals surface area (Å²) >= 11 is 6.47. The molecule has 3 amide bonds. The first kappa shape index (κ1) is 23.2. The molecule has 3 aliphatic heterocycles. The normalized spacial score (nSPS) is 25.9. The predicted molar refractivity (Wildman–Crippen MR) is 144 cm³/mol. The van der Waals surface area contributed by atoms with Gasteiger partial charge in [-0.15, -0.1) is 0 Å². The first-order valence-corrected chi connectivity index (χ1v) is 13.1. The van der Waals surface area contributed by atoms with Gasteiger partial charge in [0, 0.05) is 39.4 Å². The van der Waals surface area contributed by atoms with Crippen LogP contribution in [-0.4, -0.2) is 33.6 Å². The van der Waals surface area contributed by atoms with E-state index in [1.165, 1.54) is 4.90 Å². The van der Waals surface area contributed by atoms with Crippen LogP contribution in [0.25, 0.3) is 10.9 Å². The number of nitrogens with one attached hydrogen (secondary N) is 3. The molecule has 7 nitrogen and oxygen atoms in total. The number of imide groups is 1. The summed E-state index contributed by atoms with van der Waals surface area (Å²) in [6.45, 7) is 2.05. The number of H-pyrrole nitrogens is 1. The van der Waals surface area contributed by atoms with E-state index in [0.717, 1.165) is 27.6 Å². The van der Waals surface area contributed by atoms with E-state index in [2.05, 4.69) is 15.6 Å². The maximum Gasteiger partial charge on any atom is 0.250 e. The molecule has 4 heterocycles. The van der Waals surface area contributed by atoms with Gasteiger partial charge in [-0.2, -0.15) is 0 Å². The number of aromatic nitrogens is 1. The summed E-state index contributed by atoms with van der Waals surface area (Å²) < 4.78 is 0. The second-order valence-electron chi connectivity index (χ2n) is 10.5. The van der Waals surface area contributed by atoms with Gasteiger partial charge in [-0.05, 0) is 48.2 Å². The molecule has 0 saturated carbocycles. The molecule has 3 aromatic carbocycles. The number of rotatable bonds is 4. The third-order valence-electron chi connectivity index (χ3n) is 8.38. The van der Waals surface area contributed by atoms with E-state index in [1.54, 1.807) is 12.1 Å². The van der Waals surface area contributed by atoms with E-state index in [-0.39, 0.29) is 24.3 Å². The number of para-hydroxylation sites is 1. The molecule has 1 aromatic heterocycles. The molecule has 8 heteroatoms. The minimum Gasteiger partial charge on any atom is -0.361 e. The summed E-state index contributed by atoms with van der Waals surface area (Å²) in [5.74, 6) is -2.49. The zero-order chi connectivity index (χ0) is 26.2. The van der Waals surface area contributed by atoms with Crippen molar-refractivity contribution in [2.75, 3.05) is 5.32 Å². The van der Waals surface area contributed by atoms with Crippen molar-refractivity contribution in [3.05, 3.63) is 100 Å². The van der Waals surface area contributed by atoms with Gasteiger partial charge in [0.05, 0.1) is 18.4 Å². The van der Waals surface area contributed by atoms with Crippen molar-refractivity contribution in [2.24, 2.45) is 11.8 Å². The van der Waals surface area contributed by atoms with Crippen LogP contribution in [0.3, 0.4) is 0 Å². The van der Waals surface area contributed by atoms with E-state index in [0.29, 0.717) is 22.7 Å². The van der Waals surface area contributed by atoms with Crippen LogP contribution in [0.15, 0.2) is 72.9 Å². The highest BCUT2D eigenvalue weighted by Crippen LogP contribution is 2.54. The van der Waals surface area contributed by atoms with Crippen LogP contribution in [-0.2, 0) is 32.9 Å². The molecule has 2 saturated heterocycles. The molecule has 7 rings (SSSR count). The van der Waals surface area contributed by atoms with Gasteiger partial charge in [-0.1, -0.05) is 60.1 Å². The molecule has 0 radical (unpaired) electrons. The van der Waals surface area contributed by atoms with Gasteiger partial charge in [0.25, 0.3) is 0 Å². The summed E-state index contributed by atoms with van der Waals surface area (Å²) in [6, 6.07) is 20.5. The van der Waals surface area contributed by atoms with Crippen LogP contribution in [0.1, 0.15) is 22.3 Å². The minimum atomic E-state index is -1.38. The molecule has 4 atom stereocenters. The van der Waals surface area contributed by atoms with Gasteiger partial charge in [0.1, 0.15) is 5.54 Å². The van der Waals surface area contributed by atoms with Crippen molar-refractivity contribution in [1.29, 1.82) is 0 Å². The van der Waals surface area contributed by atoms with Gasteiger partial charge in [-0.3, -0.25) is 24.6 Å². The average Bonchev–Trinajstić information content (AvgIpc) is 3.61. The molecule has 38 heavy (non-hydrogen) atoms. The van der Waals surface area contributed by atoms with Crippen LogP contribution < -0.4 is 10.6 Å². The van der Waals surface area contributed by atoms with Gasteiger partial charge in [-0.25, -0.2) is 0 Å². The number of amides is 3. The number of carbonyl (C=O) groups excluding carboxylic acids is 3. The number of carbonyl (C=O) groups is 3. The van der Waals surface area contributed by atoms with Crippen LogP contribution in [0, 0.1) is 18.8 Å². The Bertz CT molecular complexity index is 1650. The van der Waals surface area contributed by atoms with Crippen LogP contribution in [0.4, 0.5) is 5.69 Å². The van der Waals surface area contributed by atoms with Crippen LogP contribution in [0.2, 0.25) is 5.02 Å². The number of hydrogen-bond acceptors (Lipinski definition) is 4. The topological polar surface area (TPSA) is 94.3 Å². The number of likely N-dealkylation sites (tertiary alicyclic amines) is 1. The fraction of sp³-hybridized carbons (Fsp3) is 0.233. The first-order valence-electron chi connectivity index (χ1n) is 12.7. The molecule has 3 N–H and O–H groups in total. The Morgan fingerprint density at radius 1 is 0.974 bits per heavy atom. The van der Waals surface area contributed by atoms with E-state index in [1.807, 2.05) is 67.7 Å². The lowest BCUT2D eigenvalue weighted by Crippen LogP contribution is -2.53. The van der Waals surface area contributed by atoms with E-state index < -0.39 is 23.4 Å². The number of halogens is 1. The number of hydrogen-bond donors (Lipinski definition) is 3. The molecular formula is C30H25ClN4O3. The highest BCUT2D eigenvalue weighted by Gasteiger charge is 2.70. The van der Waals surface area contributed by atoms with Gasteiger partial charge >= 0.3 is 0 Å². The summed E-state index contributed by atoms with van der Waals surface area (Å²) in [4.78, 5) is 46.6. The molecule has 190 valence electrons. The summed E-state index contributed by atoms with van der Waals surface area (Å²) in [5.41, 5.74) is 3.60. The molecule has 0 bridgehead atoms. The summed E-state index contributed by atoms with van der Waals surface area (Å²) in [5, 5.41) is 8.06. The highest BCUT2D eigenvalue weighted by atomic mass is 35.5. The maximum absolute atomic E-state index is 14.1.